The molecule has 2 aromatic heterocycles. The zero-order valence-electron chi connectivity index (χ0n) is 17.5. The molecule has 30 heavy (non-hydrogen) atoms. The normalized spacial score (nSPS) is 11.2. The molecule has 0 aliphatic rings. The maximum absolute atomic E-state index is 13.5. The predicted octanol–water partition coefficient (Wildman–Crippen LogP) is 6.14. The van der Waals surface area contributed by atoms with Gasteiger partial charge in [-0.2, -0.15) is 0 Å². The number of amides is 1. The predicted molar refractivity (Wildman–Crippen MR) is 121 cm³/mol. The van der Waals surface area contributed by atoms with Crippen LogP contribution in [-0.2, 0) is 6.54 Å². The van der Waals surface area contributed by atoms with Crippen LogP contribution in [0.2, 0.25) is 0 Å². The second kappa shape index (κ2) is 8.32. The molecule has 5 nitrogen and oxygen atoms in total. The lowest BCUT2D eigenvalue weighted by Gasteiger charge is -2.19. The molecular weight excluding hydrogens is 396 g/mol. The molecule has 0 radical (unpaired) electrons. The van der Waals surface area contributed by atoms with Gasteiger partial charge in [0, 0.05) is 5.56 Å². The number of hydrogen-bond acceptors (Lipinski definition) is 5. The number of thiazole rings is 1. The van der Waals surface area contributed by atoms with Gasteiger partial charge in [0.15, 0.2) is 5.13 Å². The van der Waals surface area contributed by atoms with Crippen LogP contribution in [0, 0.1) is 13.8 Å². The third-order valence-corrected chi connectivity index (χ3v) is 5.99. The first-order chi connectivity index (χ1) is 14.4. The molecule has 0 aliphatic carbocycles. The topological polar surface area (TPSA) is 55.6 Å². The summed E-state index contributed by atoms with van der Waals surface area (Å²) in [6.07, 6.45) is 1.69. The Morgan fingerprint density at radius 3 is 2.47 bits per heavy atom. The van der Waals surface area contributed by atoms with E-state index in [-0.39, 0.29) is 12.0 Å². The molecule has 4 rings (SSSR count). The minimum Gasteiger partial charge on any atom is -0.491 e. The zero-order chi connectivity index (χ0) is 21.3. The number of furan rings is 1. The highest BCUT2D eigenvalue weighted by Gasteiger charge is 2.23. The molecule has 0 spiro atoms. The average Bonchev–Trinajstić information content (AvgIpc) is 3.39. The summed E-state index contributed by atoms with van der Waals surface area (Å²) >= 11 is 1.53. The van der Waals surface area contributed by atoms with Crippen molar-refractivity contribution in [3.8, 4) is 5.75 Å². The number of benzene rings is 2. The Balaban J connectivity index is 1.72. The maximum atomic E-state index is 13.5. The van der Waals surface area contributed by atoms with Crippen LogP contribution in [0.3, 0.4) is 0 Å². The SMILES string of the molecule is Cc1ccc(C)c2sc(N(Cc3ccco3)C(=O)c3ccc(OC(C)C)cc3)nc12. The quantitative estimate of drug-likeness (QED) is 0.376. The van der Waals surface area contributed by atoms with Gasteiger partial charge in [-0.25, -0.2) is 4.98 Å². The van der Waals surface area contributed by atoms with E-state index in [9.17, 15) is 4.79 Å². The molecule has 0 aliphatic heterocycles. The highest BCUT2D eigenvalue weighted by molar-refractivity contribution is 7.22. The van der Waals surface area contributed by atoms with Crippen LogP contribution < -0.4 is 9.64 Å². The van der Waals surface area contributed by atoms with Gasteiger partial charge in [0.05, 0.1) is 29.1 Å². The Kier molecular flexibility index (Phi) is 5.59. The van der Waals surface area contributed by atoms with Crippen LogP contribution >= 0.6 is 11.3 Å². The summed E-state index contributed by atoms with van der Waals surface area (Å²) < 4.78 is 12.3. The van der Waals surface area contributed by atoms with Crippen molar-refractivity contribution in [2.45, 2.75) is 40.3 Å². The van der Waals surface area contributed by atoms with Gasteiger partial charge in [0.25, 0.3) is 5.91 Å². The number of hydrogen-bond donors (Lipinski definition) is 0. The minimum absolute atomic E-state index is 0.0798. The summed E-state index contributed by atoms with van der Waals surface area (Å²) in [5.41, 5.74) is 3.76. The molecule has 0 N–H and O–H groups in total. The fourth-order valence-corrected chi connectivity index (χ4v) is 4.36. The molecule has 154 valence electrons. The van der Waals surface area contributed by atoms with Crippen LogP contribution in [0.15, 0.2) is 59.2 Å². The maximum Gasteiger partial charge on any atom is 0.260 e. The molecule has 0 saturated carbocycles. The van der Waals surface area contributed by atoms with Gasteiger partial charge in [0.1, 0.15) is 11.5 Å². The van der Waals surface area contributed by atoms with Crippen LogP contribution in [0.5, 0.6) is 5.75 Å². The van der Waals surface area contributed by atoms with Crippen molar-refractivity contribution in [1.82, 2.24) is 4.98 Å². The van der Waals surface area contributed by atoms with Gasteiger partial charge >= 0.3 is 0 Å². The van der Waals surface area contributed by atoms with E-state index in [2.05, 4.69) is 19.1 Å². The van der Waals surface area contributed by atoms with Crippen molar-refractivity contribution in [1.29, 1.82) is 0 Å². The Bertz CT molecular complexity index is 1120. The molecule has 0 fully saturated rings. The number of aryl methyl sites for hydroxylation is 2. The molecule has 2 aromatic carbocycles. The largest absolute Gasteiger partial charge is 0.491 e. The van der Waals surface area contributed by atoms with Gasteiger partial charge in [-0.05, 0) is 75.2 Å². The number of ether oxygens (including phenoxy) is 1. The van der Waals surface area contributed by atoms with Crippen LogP contribution in [0.4, 0.5) is 5.13 Å². The van der Waals surface area contributed by atoms with E-state index in [1.165, 1.54) is 11.3 Å². The second-order valence-corrected chi connectivity index (χ2v) is 8.51. The fraction of sp³-hybridized carbons (Fsp3) is 0.250. The summed E-state index contributed by atoms with van der Waals surface area (Å²) in [4.78, 5) is 20.0. The zero-order valence-corrected chi connectivity index (χ0v) is 18.3. The number of fused-ring (bicyclic) bond motifs is 1. The van der Waals surface area contributed by atoms with Crippen molar-refractivity contribution in [2.75, 3.05) is 4.90 Å². The van der Waals surface area contributed by atoms with E-state index in [0.29, 0.717) is 23.0 Å². The van der Waals surface area contributed by atoms with E-state index in [0.717, 1.165) is 27.1 Å². The molecule has 0 unspecified atom stereocenters. The van der Waals surface area contributed by atoms with Gasteiger partial charge in [0.2, 0.25) is 0 Å². The Hall–Kier alpha value is -3.12. The van der Waals surface area contributed by atoms with Crippen molar-refractivity contribution in [2.24, 2.45) is 0 Å². The highest BCUT2D eigenvalue weighted by Crippen LogP contribution is 2.34. The monoisotopic (exact) mass is 420 g/mol. The Morgan fingerprint density at radius 1 is 1.10 bits per heavy atom. The second-order valence-electron chi connectivity index (χ2n) is 7.54. The summed E-state index contributed by atoms with van der Waals surface area (Å²) in [6, 6.07) is 15.1. The van der Waals surface area contributed by atoms with E-state index >= 15 is 0 Å². The number of carbonyl (C=O) groups excluding carboxylic acids is 1. The van der Waals surface area contributed by atoms with E-state index in [4.69, 9.17) is 14.1 Å². The number of nitrogens with zero attached hydrogens (tertiary/aromatic N) is 2. The minimum atomic E-state index is -0.128. The van der Waals surface area contributed by atoms with E-state index < -0.39 is 0 Å². The molecular formula is C24H24N2O3S. The molecule has 6 heteroatoms. The molecule has 1 amide bonds. The smallest absolute Gasteiger partial charge is 0.260 e. The third-order valence-electron chi connectivity index (χ3n) is 4.77. The lowest BCUT2D eigenvalue weighted by atomic mass is 10.1. The first-order valence-corrected chi connectivity index (χ1v) is 10.7. The van der Waals surface area contributed by atoms with Crippen LogP contribution in [-0.4, -0.2) is 17.0 Å². The first-order valence-electron chi connectivity index (χ1n) is 9.90. The molecule has 4 aromatic rings. The molecule has 0 bridgehead atoms. The molecule has 0 atom stereocenters. The third kappa shape index (κ3) is 4.09. The van der Waals surface area contributed by atoms with Gasteiger partial charge < -0.3 is 9.15 Å². The van der Waals surface area contributed by atoms with Crippen molar-refractivity contribution < 1.29 is 13.9 Å². The number of rotatable bonds is 6. The summed E-state index contributed by atoms with van der Waals surface area (Å²) in [5, 5.41) is 0.659. The standard InChI is InChI=1S/C24H24N2O3S/c1-15(2)29-19-11-9-18(10-12-19)23(27)26(14-20-6-5-13-28-20)24-25-21-16(3)7-8-17(4)22(21)30-24/h5-13,15H,14H2,1-4H3. The van der Waals surface area contributed by atoms with Gasteiger partial charge in [-0.3, -0.25) is 9.69 Å². The lowest BCUT2D eigenvalue weighted by molar-refractivity contribution is 0.0983. The lowest BCUT2D eigenvalue weighted by Crippen LogP contribution is -2.30. The van der Waals surface area contributed by atoms with Crippen LogP contribution in [0.1, 0.15) is 41.1 Å². The van der Waals surface area contributed by atoms with E-state index in [1.807, 2.05) is 45.0 Å². The van der Waals surface area contributed by atoms with Crippen LogP contribution in [0.25, 0.3) is 10.2 Å². The number of aromatic nitrogens is 1. The van der Waals surface area contributed by atoms with Crippen molar-refractivity contribution in [3.63, 3.8) is 0 Å². The number of anilines is 1. The molecule has 2 heterocycles. The van der Waals surface area contributed by atoms with E-state index in [1.54, 1.807) is 23.3 Å². The highest BCUT2D eigenvalue weighted by atomic mass is 32.1. The first kappa shape index (κ1) is 20.2. The Labute approximate surface area is 179 Å². The fourth-order valence-electron chi connectivity index (χ4n) is 3.25. The summed E-state index contributed by atoms with van der Waals surface area (Å²) in [6.45, 7) is 8.36. The summed E-state index contributed by atoms with van der Waals surface area (Å²) in [5.74, 6) is 1.32. The number of carbonyl (C=O) groups is 1. The summed E-state index contributed by atoms with van der Waals surface area (Å²) in [7, 11) is 0. The van der Waals surface area contributed by atoms with Gasteiger partial charge in [-0.15, -0.1) is 0 Å². The van der Waals surface area contributed by atoms with Gasteiger partial charge in [-0.1, -0.05) is 23.5 Å². The average molecular weight is 421 g/mol. The van der Waals surface area contributed by atoms with Crippen molar-refractivity contribution >= 4 is 32.6 Å². The Morgan fingerprint density at radius 2 is 1.83 bits per heavy atom. The molecule has 0 saturated heterocycles. The van der Waals surface area contributed by atoms with Crippen molar-refractivity contribution in [3.05, 3.63) is 77.2 Å².